The van der Waals surface area contributed by atoms with Crippen LogP contribution in [0.1, 0.15) is 36.7 Å². The van der Waals surface area contributed by atoms with Gasteiger partial charge in [-0.15, -0.1) is 0 Å². The van der Waals surface area contributed by atoms with Crippen LogP contribution in [-0.2, 0) is 9.53 Å². The number of methoxy groups -OCH3 is 1. The molecule has 1 fully saturated rings. The van der Waals surface area contributed by atoms with E-state index >= 15 is 0 Å². The molecule has 2 aromatic carbocycles. The summed E-state index contributed by atoms with van der Waals surface area (Å²) in [5.74, 6) is 0.780. The number of esters is 1. The van der Waals surface area contributed by atoms with E-state index in [1.54, 1.807) is 43.2 Å². The average molecular weight is 580 g/mol. The second kappa shape index (κ2) is 11.6. The predicted octanol–water partition coefficient (Wildman–Crippen LogP) is 5.50. The molecular formula is C24H25IN2O5S. The maximum atomic E-state index is 13.0. The molecule has 0 unspecified atom stereocenters. The first-order valence-electron chi connectivity index (χ1n) is 10.5. The van der Waals surface area contributed by atoms with Crippen molar-refractivity contribution in [1.82, 2.24) is 4.90 Å². The third kappa shape index (κ3) is 5.89. The van der Waals surface area contributed by atoms with E-state index in [0.29, 0.717) is 52.6 Å². The van der Waals surface area contributed by atoms with Crippen molar-refractivity contribution >= 4 is 63.2 Å². The molecule has 0 bridgehead atoms. The molecule has 0 atom stereocenters. The van der Waals surface area contributed by atoms with Gasteiger partial charge in [0, 0.05) is 6.54 Å². The molecule has 0 spiro atoms. The van der Waals surface area contributed by atoms with Crippen molar-refractivity contribution in [3.63, 3.8) is 0 Å². The van der Waals surface area contributed by atoms with Gasteiger partial charge in [-0.3, -0.25) is 9.69 Å². The van der Waals surface area contributed by atoms with Crippen molar-refractivity contribution in [1.29, 1.82) is 0 Å². The Morgan fingerprint density at radius 3 is 2.64 bits per heavy atom. The van der Waals surface area contributed by atoms with Gasteiger partial charge in [0.25, 0.3) is 5.91 Å². The van der Waals surface area contributed by atoms with Gasteiger partial charge in [-0.05, 0) is 97.1 Å². The normalized spacial score (nSPS) is 15.9. The fraction of sp³-hybridized carbons (Fsp3) is 0.292. The molecule has 7 nitrogen and oxygen atoms in total. The van der Waals surface area contributed by atoms with Gasteiger partial charge in [0.05, 0.1) is 40.0 Å². The van der Waals surface area contributed by atoms with E-state index in [1.165, 1.54) is 11.8 Å². The van der Waals surface area contributed by atoms with Gasteiger partial charge in [0.2, 0.25) is 0 Å². The number of amidine groups is 1. The highest BCUT2D eigenvalue weighted by molar-refractivity contribution is 14.1. The minimum Gasteiger partial charge on any atom is -0.493 e. The number of hydrogen-bond acceptors (Lipinski definition) is 7. The van der Waals surface area contributed by atoms with E-state index in [4.69, 9.17) is 14.2 Å². The van der Waals surface area contributed by atoms with Crippen LogP contribution >= 0.6 is 34.4 Å². The highest BCUT2D eigenvalue weighted by atomic mass is 127. The van der Waals surface area contributed by atoms with Crippen LogP contribution in [-0.4, -0.2) is 48.8 Å². The smallest absolute Gasteiger partial charge is 0.338 e. The molecule has 0 N–H and O–H groups in total. The maximum absolute atomic E-state index is 13.0. The van der Waals surface area contributed by atoms with Crippen molar-refractivity contribution < 1.29 is 23.8 Å². The van der Waals surface area contributed by atoms with E-state index in [0.717, 1.165) is 9.13 Å². The predicted molar refractivity (Wildman–Crippen MR) is 139 cm³/mol. The van der Waals surface area contributed by atoms with Gasteiger partial charge in [0.15, 0.2) is 16.7 Å². The third-order valence-electron chi connectivity index (χ3n) is 4.62. The van der Waals surface area contributed by atoms with Crippen LogP contribution in [0.3, 0.4) is 0 Å². The number of rotatable bonds is 8. The van der Waals surface area contributed by atoms with Crippen LogP contribution in [0.15, 0.2) is 46.3 Å². The van der Waals surface area contributed by atoms with E-state index in [-0.39, 0.29) is 5.91 Å². The van der Waals surface area contributed by atoms with Crippen molar-refractivity contribution in [2.24, 2.45) is 4.99 Å². The van der Waals surface area contributed by atoms with Gasteiger partial charge in [0.1, 0.15) is 0 Å². The number of nitrogens with zero attached hydrogens (tertiary/aromatic N) is 2. The summed E-state index contributed by atoms with van der Waals surface area (Å²) in [5, 5.41) is 0.558. The number of likely N-dealkylation sites (N-methyl/N-ethyl adjacent to an activating group) is 1. The van der Waals surface area contributed by atoms with Crippen molar-refractivity contribution in [3.05, 3.63) is 56.0 Å². The number of hydrogen-bond donors (Lipinski definition) is 0. The lowest BCUT2D eigenvalue weighted by atomic mass is 10.2. The Balaban J connectivity index is 1.93. The summed E-state index contributed by atoms with van der Waals surface area (Å²) in [5.41, 5.74) is 1.83. The monoisotopic (exact) mass is 580 g/mol. The number of thioether (sulfide) groups is 1. The summed E-state index contributed by atoms with van der Waals surface area (Å²) in [6.07, 6.45) is 1.83. The average Bonchev–Trinajstić information content (AvgIpc) is 3.09. The molecule has 174 valence electrons. The molecule has 1 aliphatic rings. The highest BCUT2D eigenvalue weighted by Gasteiger charge is 2.32. The van der Waals surface area contributed by atoms with E-state index in [2.05, 4.69) is 27.6 Å². The SMILES string of the molecule is CCOC(=O)c1cccc(N=C2SC(=Cc3cc(I)c(OCC)c(OC)c3)C(=O)N2CC)c1. The molecule has 9 heteroatoms. The number of aliphatic imine (C=N–C) groups is 1. The van der Waals surface area contributed by atoms with E-state index in [9.17, 15) is 9.59 Å². The molecule has 0 radical (unpaired) electrons. The Morgan fingerprint density at radius 1 is 1.18 bits per heavy atom. The Bertz CT molecular complexity index is 1120. The second-order valence-electron chi connectivity index (χ2n) is 6.79. The Hall–Kier alpha value is -2.53. The largest absolute Gasteiger partial charge is 0.493 e. The molecule has 2 aromatic rings. The summed E-state index contributed by atoms with van der Waals surface area (Å²) in [7, 11) is 1.59. The number of halogens is 1. The molecule has 1 amide bonds. The van der Waals surface area contributed by atoms with E-state index in [1.807, 2.05) is 32.1 Å². The fourth-order valence-corrected chi connectivity index (χ4v) is 5.00. The van der Waals surface area contributed by atoms with Crippen LogP contribution < -0.4 is 9.47 Å². The van der Waals surface area contributed by atoms with Gasteiger partial charge in [-0.2, -0.15) is 0 Å². The zero-order chi connectivity index (χ0) is 24.0. The van der Waals surface area contributed by atoms with Gasteiger partial charge < -0.3 is 14.2 Å². The van der Waals surface area contributed by atoms with E-state index < -0.39 is 5.97 Å². The lowest BCUT2D eigenvalue weighted by Crippen LogP contribution is -2.28. The van der Waals surface area contributed by atoms with Gasteiger partial charge in [-0.25, -0.2) is 9.79 Å². The van der Waals surface area contributed by atoms with Crippen molar-refractivity contribution in [2.75, 3.05) is 26.9 Å². The topological polar surface area (TPSA) is 77.4 Å². The second-order valence-corrected chi connectivity index (χ2v) is 8.96. The number of amides is 1. The summed E-state index contributed by atoms with van der Waals surface area (Å²) in [6.45, 7) is 6.88. The molecule has 0 aromatic heterocycles. The first-order chi connectivity index (χ1) is 15.9. The molecule has 1 aliphatic heterocycles. The van der Waals surface area contributed by atoms with Gasteiger partial charge >= 0.3 is 5.97 Å². The third-order valence-corrected chi connectivity index (χ3v) is 6.43. The maximum Gasteiger partial charge on any atom is 0.338 e. The number of benzene rings is 2. The Kier molecular flexibility index (Phi) is 8.79. The molecule has 1 saturated heterocycles. The molecule has 33 heavy (non-hydrogen) atoms. The lowest BCUT2D eigenvalue weighted by molar-refractivity contribution is -0.122. The minimum absolute atomic E-state index is 0.120. The minimum atomic E-state index is -0.401. The van der Waals surface area contributed by atoms with Crippen LogP contribution in [0.5, 0.6) is 11.5 Å². The number of carbonyl (C=O) groups excluding carboxylic acids is 2. The van der Waals surface area contributed by atoms with Crippen LogP contribution in [0.4, 0.5) is 5.69 Å². The van der Waals surface area contributed by atoms with Crippen molar-refractivity contribution in [2.45, 2.75) is 20.8 Å². The number of ether oxygens (including phenoxy) is 3. The number of carbonyl (C=O) groups is 2. The summed E-state index contributed by atoms with van der Waals surface area (Å²) < 4.78 is 17.1. The molecule has 0 aliphatic carbocycles. The first-order valence-corrected chi connectivity index (χ1v) is 12.4. The Morgan fingerprint density at radius 2 is 1.97 bits per heavy atom. The molecule has 3 rings (SSSR count). The summed E-state index contributed by atoms with van der Waals surface area (Å²) in [4.78, 5) is 31.9. The standard InChI is InChI=1S/C24H25IN2O5S/c1-5-27-22(28)20(13-15-11-18(25)21(31-6-2)19(12-15)30-4)33-24(27)26-17-10-8-9-16(14-17)23(29)32-7-3/h8-14H,5-7H2,1-4H3. The van der Waals surface area contributed by atoms with Gasteiger partial charge in [-0.1, -0.05) is 6.07 Å². The van der Waals surface area contributed by atoms with Crippen LogP contribution in [0.2, 0.25) is 0 Å². The molecule has 0 saturated carbocycles. The zero-order valence-electron chi connectivity index (χ0n) is 18.9. The van der Waals surface area contributed by atoms with Crippen LogP contribution in [0.25, 0.3) is 6.08 Å². The lowest BCUT2D eigenvalue weighted by Gasteiger charge is -2.13. The molecule has 1 heterocycles. The summed E-state index contributed by atoms with van der Waals surface area (Å²) >= 11 is 3.49. The fourth-order valence-electron chi connectivity index (χ4n) is 3.16. The highest BCUT2D eigenvalue weighted by Crippen LogP contribution is 2.38. The first kappa shape index (κ1) is 25.1. The Labute approximate surface area is 211 Å². The summed E-state index contributed by atoms with van der Waals surface area (Å²) in [6, 6.07) is 10.7. The van der Waals surface area contributed by atoms with Crippen LogP contribution in [0, 0.1) is 3.57 Å². The zero-order valence-corrected chi connectivity index (χ0v) is 21.9. The quantitative estimate of drug-likeness (QED) is 0.233. The molecular weight excluding hydrogens is 555 g/mol. The van der Waals surface area contributed by atoms with Crippen molar-refractivity contribution in [3.8, 4) is 11.5 Å².